The number of rotatable bonds is 6. The molecule has 1 rings (SSSR count). The SMILES string of the molecule is CC(=O)N[C@](C)(C(=O)OCCC(C)C)C1CC1. The number of nitrogens with one attached hydrogen (secondary N) is 1. The highest BCUT2D eigenvalue weighted by molar-refractivity contribution is 5.87. The molecule has 0 spiro atoms. The largest absolute Gasteiger partial charge is 0.464 e. The third-order valence-corrected chi connectivity index (χ3v) is 3.18. The molecule has 17 heavy (non-hydrogen) atoms. The molecule has 1 fully saturated rings. The van der Waals surface area contributed by atoms with Gasteiger partial charge in [0.25, 0.3) is 0 Å². The number of carbonyl (C=O) groups excluding carboxylic acids is 2. The van der Waals surface area contributed by atoms with E-state index in [9.17, 15) is 9.59 Å². The molecule has 0 bridgehead atoms. The fourth-order valence-electron chi connectivity index (χ4n) is 1.88. The molecule has 0 unspecified atom stereocenters. The van der Waals surface area contributed by atoms with Crippen LogP contribution in [-0.4, -0.2) is 24.0 Å². The van der Waals surface area contributed by atoms with Crippen LogP contribution in [0.3, 0.4) is 0 Å². The van der Waals surface area contributed by atoms with E-state index >= 15 is 0 Å². The maximum atomic E-state index is 12.0. The van der Waals surface area contributed by atoms with Crippen molar-refractivity contribution in [3.63, 3.8) is 0 Å². The van der Waals surface area contributed by atoms with Crippen molar-refractivity contribution in [2.75, 3.05) is 6.61 Å². The van der Waals surface area contributed by atoms with Crippen molar-refractivity contribution in [3.8, 4) is 0 Å². The number of esters is 1. The van der Waals surface area contributed by atoms with Crippen molar-refractivity contribution in [1.29, 1.82) is 0 Å². The molecule has 4 nitrogen and oxygen atoms in total. The summed E-state index contributed by atoms with van der Waals surface area (Å²) in [4.78, 5) is 23.2. The fourth-order valence-corrected chi connectivity index (χ4v) is 1.88. The third kappa shape index (κ3) is 4.02. The van der Waals surface area contributed by atoms with Gasteiger partial charge in [-0.3, -0.25) is 4.79 Å². The van der Waals surface area contributed by atoms with Crippen LogP contribution in [0.4, 0.5) is 0 Å². The summed E-state index contributed by atoms with van der Waals surface area (Å²) in [6, 6.07) is 0. The maximum Gasteiger partial charge on any atom is 0.331 e. The first-order valence-corrected chi connectivity index (χ1v) is 6.32. The fraction of sp³-hybridized carbons (Fsp3) is 0.846. The van der Waals surface area contributed by atoms with Crippen LogP contribution in [0.15, 0.2) is 0 Å². The first-order valence-electron chi connectivity index (χ1n) is 6.32. The van der Waals surface area contributed by atoms with Gasteiger partial charge in [0.2, 0.25) is 5.91 Å². The Hall–Kier alpha value is -1.06. The Bertz CT molecular complexity index is 297. The average Bonchev–Trinajstić information content (AvgIpc) is 2.98. The Balaban J connectivity index is 2.51. The number of hydrogen-bond donors (Lipinski definition) is 1. The smallest absolute Gasteiger partial charge is 0.331 e. The molecule has 1 N–H and O–H groups in total. The quantitative estimate of drug-likeness (QED) is 0.722. The van der Waals surface area contributed by atoms with E-state index in [-0.39, 0.29) is 17.8 Å². The van der Waals surface area contributed by atoms with Crippen molar-refractivity contribution < 1.29 is 14.3 Å². The van der Waals surface area contributed by atoms with Gasteiger partial charge in [-0.15, -0.1) is 0 Å². The molecular formula is C13H23NO3. The topological polar surface area (TPSA) is 55.4 Å². The Labute approximate surface area is 103 Å². The van der Waals surface area contributed by atoms with E-state index < -0.39 is 5.54 Å². The summed E-state index contributed by atoms with van der Waals surface area (Å²) in [7, 11) is 0. The van der Waals surface area contributed by atoms with E-state index in [0.717, 1.165) is 19.3 Å². The van der Waals surface area contributed by atoms with Gasteiger partial charge in [-0.1, -0.05) is 13.8 Å². The minimum Gasteiger partial charge on any atom is -0.464 e. The van der Waals surface area contributed by atoms with E-state index in [4.69, 9.17) is 4.74 Å². The van der Waals surface area contributed by atoms with Crippen molar-refractivity contribution in [2.45, 2.75) is 52.5 Å². The van der Waals surface area contributed by atoms with Gasteiger partial charge in [0.1, 0.15) is 5.54 Å². The van der Waals surface area contributed by atoms with Crippen LogP contribution in [0.25, 0.3) is 0 Å². The normalized spacial score (nSPS) is 18.6. The highest BCUT2D eigenvalue weighted by Crippen LogP contribution is 2.40. The number of hydrogen-bond acceptors (Lipinski definition) is 3. The van der Waals surface area contributed by atoms with Crippen LogP contribution in [-0.2, 0) is 14.3 Å². The predicted octanol–water partition coefficient (Wildman–Crippen LogP) is 1.88. The molecule has 1 saturated carbocycles. The van der Waals surface area contributed by atoms with Crippen LogP contribution in [0.5, 0.6) is 0 Å². The maximum absolute atomic E-state index is 12.0. The minimum atomic E-state index is -0.831. The van der Waals surface area contributed by atoms with Gasteiger partial charge in [0.05, 0.1) is 6.61 Å². The van der Waals surface area contributed by atoms with E-state index in [1.165, 1.54) is 6.92 Å². The Morgan fingerprint density at radius 1 is 1.41 bits per heavy atom. The van der Waals surface area contributed by atoms with Crippen LogP contribution in [0.2, 0.25) is 0 Å². The predicted molar refractivity (Wildman–Crippen MR) is 65.4 cm³/mol. The molecule has 4 heteroatoms. The van der Waals surface area contributed by atoms with Gasteiger partial charge in [0, 0.05) is 6.92 Å². The van der Waals surface area contributed by atoms with Crippen molar-refractivity contribution >= 4 is 11.9 Å². The lowest BCUT2D eigenvalue weighted by Crippen LogP contribution is -2.54. The Morgan fingerprint density at radius 3 is 2.41 bits per heavy atom. The van der Waals surface area contributed by atoms with E-state index in [2.05, 4.69) is 19.2 Å². The van der Waals surface area contributed by atoms with Gasteiger partial charge < -0.3 is 10.1 Å². The monoisotopic (exact) mass is 241 g/mol. The summed E-state index contributed by atoms with van der Waals surface area (Å²) in [5.41, 5.74) is -0.831. The average molecular weight is 241 g/mol. The van der Waals surface area contributed by atoms with Crippen molar-refractivity contribution in [1.82, 2.24) is 5.32 Å². The van der Waals surface area contributed by atoms with Gasteiger partial charge in [-0.25, -0.2) is 4.79 Å². The molecular weight excluding hydrogens is 218 g/mol. The summed E-state index contributed by atoms with van der Waals surface area (Å²) in [6.45, 7) is 7.80. The Kier molecular flexibility index (Phi) is 4.54. The summed E-state index contributed by atoms with van der Waals surface area (Å²) in [5, 5.41) is 2.74. The Morgan fingerprint density at radius 2 is 2.00 bits per heavy atom. The van der Waals surface area contributed by atoms with Gasteiger partial charge >= 0.3 is 5.97 Å². The molecule has 0 aromatic rings. The molecule has 0 heterocycles. The number of ether oxygens (including phenoxy) is 1. The molecule has 98 valence electrons. The second-order valence-electron chi connectivity index (χ2n) is 5.48. The molecule has 1 aliphatic rings. The molecule has 1 atom stereocenters. The standard InChI is InChI=1S/C13H23NO3/c1-9(2)7-8-17-12(16)13(4,11-5-6-11)14-10(3)15/h9,11H,5-8H2,1-4H3,(H,14,15)/t13-/m0/s1. The zero-order chi connectivity index (χ0) is 13.1. The lowest BCUT2D eigenvalue weighted by Gasteiger charge is -2.28. The van der Waals surface area contributed by atoms with Crippen LogP contribution >= 0.6 is 0 Å². The van der Waals surface area contributed by atoms with Crippen molar-refractivity contribution in [3.05, 3.63) is 0 Å². The third-order valence-electron chi connectivity index (χ3n) is 3.18. The van der Waals surface area contributed by atoms with Crippen molar-refractivity contribution in [2.24, 2.45) is 11.8 Å². The minimum absolute atomic E-state index is 0.180. The number of amides is 1. The first-order chi connectivity index (χ1) is 7.86. The lowest BCUT2D eigenvalue weighted by atomic mass is 9.96. The van der Waals surface area contributed by atoms with Gasteiger partial charge in [-0.2, -0.15) is 0 Å². The van der Waals surface area contributed by atoms with Crippen LogP contribution in [0, 0.1) is 11.8 Å². The van der Waals surface area contributed by atoms with Gasteiger partial charge in [-0.05, 0) is 38.0 Å². The number of carbonyl (C=O) groups is 2. The molecule has 1 aliphatic carbocycles. The second kappa shape index (κ2) is 5.52. The van der Waals surface area contributed by atoms with E-state index in [1.807, 2.05) is 0 Å². The zero-order valence-electron chi connectivity index (χ0n) is 11.2. The second-order valence-corrected chi connectivity index (χ2v) is 5.48. The molecule has 0 saturated heterocycles. The van der Waals surface area contributed by atoms with E-state index in [0.29, 0.717) is 12.5 Å². The van der Waals surface area contributed by atoms with E-state index in [1.54, 1.807) is 6.92 Å². The molecule has 0 aromatic carbocycles. The highest BCUT2D eigenvalue weighted by Gasteiger charge is 2.49. The summed E-state index contributed by atoms with van der Waals surface area (Å²) in [5.74, 6) is 0.268. The molecule has 0 radical (unpaired) electrons. The zero-order valence-corrected chi connectivity index (χ0v) is 11.2. The van der Waals surface area contributed by atoms with Crippen LogP contribution < -0.4 is 5.32 Å². The highest BCUT2D eigenvalue weighted by atomic mass is 16.5. The first kappa shape index (κ1) is 14.0. The summed E-state index contributed by atoms with van der Waals surface area (Å²) < 4.78 is 5.27. The summed E-state index contributed by atoms with van der Waals surface area (Å²) >= 11 is 0. The van der Waals surface area contributed by atoms with Crippen LogP contribution in [0.1, 0.15) is 47.0 Å². The summed E-state index contributed by atoms with van der Waals surface area (Å²) in [6.07, 6.45) is 2.82. The van der Waals surface area contributed by atoms with Gasteiger partial charge in [0.15, 0.2) is 0 Å². The molecule has 0 aromatic heterocycles. The molecule has 1 amide bonds. The molecule has 0 aliphatic heterocycles. The lowest BCUT2D eigenvalue weighted by molar-refractivity contribution is -0.154.